The van der Waals surface area contributed by atoms with Crippen LogP contribution in [0.2, 0.25) is 0 Å². The summed E-state index contributed by atoms with van der Waals surface area (Å²) < 4.78 is 4.72. The van der Waals surface area contributed by atoms with Gasteiger partial charge < -0.3 is 10.1 Å². The number of allylic oxidation sites excluding steroid dienone is 1. The first-order chi connectivity index (χ1) is 8.58. The molecule has 1 unspecified atom stereocenters. The van der Waals surface area contributed by atoms with E-state index in [2.05, 4.69) is 18.8 Å². The van der Waals surface area contributed by atoms with Crippen LogP contribution in [0.15, 0.2) is 30.9 Å². The van der Waals surface area contributed by atoms with Gasteiger partial charge in [-0.25, -0.2) is 4.79 Å². The van der Waals surface area contributed by atoms with Gasteiger partial charge in [-0.05, 0) is 44.4 Å². The molecule has 0 spiro atoms. The van der Waals surface area contributed by atoms with E-state index in [4.69, 9.17) is 4.74 Å². The fourth-order valence-electron chi connectivity index (χ4n) is 1.73. The molecule has 0 radical (unpaired) electrons. The summed E-state index contributed by atoms with van der Waals surface area (Å²) in [6.45, 7) is 7.85. The Hall–Kier alpha value is -1.77. The highest BCUT2D eigenvalue weighted by Crippen LogP contribution is 2.19. The molecule has 1 aromatic rings. The summed E-state index contributed by atoms with van der Waals surface area (Å²) in [4.78, 5) is 11.5. The molecule has 0 saturated heterocycles. The van der Waals surface area contributed by atoms with Crippen molar-refractivity contribution in [2.45, 2.75) is 32.7 Å². The predicted octanol–water partition coefficient (Wildman–Crippen LogP) is 3.55. The van der Waals surface area contributed by atoms with Gasteiger partial charge >= 0.3 is 5.97 Å². The summed E-state index contributed by atoms with van der Waals surface area (Å²) in [5.41, 5.74) is 2.67. The average Bonchev–Trinajstić information content (AvgIpc) is 2.38. The number of carbonyl (C=O) groups is 1. The van der Waals surface area contributed by atoms with Gasteiger partial charge in [0.2, 0.25) is 0 Å². The highest BCUT2D eigenvalue weighted by atomic mass is 16.5. The Morgan fingerprint density at radius 1 is 1.56 bits per heavy atom. The largest absolute Gasteiger partial charge is 0.465 e. The maximum Gasteiger partial charge on any atom is 0.337 e. The Balaban J connectivity index is 2.80. The lowest BCUT2D eigenvalue weighted by atomic mass is 10.1. The zero-order valence-electron chi connectivity index (χ0n) is 11.3. The average molecular weight is 247 g/mol. The second-order valence-corrected chi connectivity index (χ2v) is 4.43. The van der Waals surface area contributed by atoms with E-state index in [0.717, 1.165) is 24.1 Å². The zero-order valence-corrected chi connectivity index (χ0v) is 11.3. The monoisotopic (exact) mass is 247 g/mol. The third-order valence-corrected chi connectivity index (χ3v) is 2.86. The minimum atomic E-state index is -0.309. The van der Waals surface area contributed by atoms with Crippen LogP contribution < -0.4 is 5.32 Å². The van der Waals surface area contributed by atoms with E-state index < -0.39 is 0 Å². The minimum Gasteiger partial charge on any atom is -0.465 e. The topological polar surface area (TPSA) is 38.3 Å². The molecule has 0 fully saturated rings. The molecule has 0 amide bonds. The third-order valence-electron chi connectivity index (χ3n) is 2.86. The molecule has 0 aliphatic heterocycles. The van der Waals surface area contributed by atoms with Crippen LogP contribution in [0.1, 0.15) is 35.7 Å². The van der Waals surface area contributed by atoms with Gasteiger partial charge in [0.25, 0.3) is 0 Å². The number of hydrogen-bond donors (Lipinski definition) is 1. The van der Waals surface area contributed by atoms with Crippen LogP contribution in [0.5, 0.6) is 0 Å². The molecule has 98 valence electrons. The number of anilines is 1. The summed E-state index contributed by atoms with van der Waals surface area (Å²) >= 11 is 0. The standard InChI is InChI=1S/C15H21NO2/c1-5-6-7-12(3)16-14-10-13(15(17)18-4)9-8-11(14)2/h5,8-10,12,16H,1,6-7H2,2-4H3. The maximum atomic E-state index is 11.5. The molecule has 0 aliphatic rings. The van der Waals surface area contributed by atoms with Crippen molar-refractivity contribution in [2.75, 3.05) is 12.4 Å². The molecule has 1 N–H and O–H groups in total. The number of carbonyl (C=O) groups excluding carboxylic acids is 1. The molecule has 3 nitrogen and oxygen atoms in total. The summed E-state index contributed by atoms with van der Waals surface area (Å²) in [5.74, 6) is -0.309. The molecule has 0 bridgehead atoms. The summed E-state index contributed by atoms with van der Waals surface area (Å²) in [6, 6.07) is 5.89. The van der Waals surface area contributed by atoms with Gasteiger partial charge in [-0.2, -0.15) is 0 Å². The van der Waals surface area contributed by atoms with Crippen molar-refractivity contribution in [3.63, 3.8) is 0 Å². The number of hydrogen-bond acceptors (Lipinski definition) is 3. The van der Waals surface area contributed by atoms with Gasteiger partial charge in [-0.1, -0.05) is 12.1 Å². The summed E-state index contributed by atoms with van der Waals surface area (Å²) in [7, 11) is 1.39. The zero-order chi connectivity index (χ0) is 13.5. The first-order valence-electron chi connectivity index (χ1n) is 6.15. The van der Waals surface area contributed by atoms with Crippen LogP contribution >= 0.6 is 0 Å². The first kappa shape index (κ1) is 14.3. The van der Waals surface area contributed by atoms with Crippen molar-refractivity contribution >= 4 is 11.7 Å². The van der Waals surface area contributed by atoms with Crippen LogP contribution in [-0.2, 0) is 4.74 Å². The molecular weight excluding hydrogens is 226 g/mol. The normalized spacial score (nSPS) is 11.7. The van der Waals surface area contributed by atoms with E-state index in [1.165, 1.54) is 7.11 Å². The molecule has 0 aromatic heterocycles. The fourth-order valence-corrected chi connectivity index (χ4v) is 1.73. The van der Waals surface area contributed by atoms with Crippen molar-refractivity contribution in [2.24, 2.45) is 0 Å². The van der Waals surface area contributed by atoms with E-state index in [1.807, 2.05) is 25.1 Å². The Bertz CT molecular complexity index is 427. The number of esters is 1. The van der Waals surface area contributed by atoms with Gasteiger partial charge in [0.1, 0.15) is 0 Å². The summed E-state index contributed by atoms with van der Waals surface area (Å²) in [6.07, 6.45) is 3.91. The molecular formula is C15H21NO2. The van der Waals surface area contributed by atoms with Crippen molar-refractivity contribution in [1.29, 1.82) is 0 Å². The smallest absolute Gasteiger partial charge is 0.337 e. The number of aryl methyl sites for hydroxylation is 1. The highest BCUT2D eigenvalue weighted by Gasteiger charge is 2.09. The van der Waals surface area contributed by atoms with Crippen LogP contribution in [0.25, 0.3) is 0 Å². The van der Waals surface area contributed by atoms with E-state index in [1.54, 1.807) is 6.07 Å². The van der Waals surface area contributed by atoms with Gasteiger partial charge in [0.05, 0.1) is 12.7 Å². The third kappa shape index (κ3) is 3.91. The first-order valence-corrected chi connectivity index (χ1v) is 6.15. The van der Waals surface area contributed by atoms with Crippen molar-refractivity contribution in [1.82, 2.24) is 0 Å². The lowest BCUT2D eigenvalue weighted by molar-refractivity contribution is 0.0601. The van der Waals surface area contributed by atoms with Crippen LogP contribution in [-0.4, -0.2) is 19.1 Å². The van der Waals surface area contributed by atoms with Gasteiger partial charge in [-0.15, -0.1) is 6.58 Å². The second kappa shape index (κ2) is 6.84. The second-order valence-electron chi connectivity index (χ2n) is 4.43. The van der Waals surface area contributed by atoms with Crippen LogP contribution in [0.4, 0.5) is 5.69 Å². The maximum absolute atomic E-state index is 11.5. The lowest BCUT2D eigenvalue weighted by Gasteiger charge is -2.17. The molecule has 1 aromatic carbocycles. The van der Waals surface area contributed by atoms with Crippen LogP contribution in [0.3, 0.4) is 0 Å². The lowest BCUT2D eigenvalue weighted by Crippen LogP contribution is -2.16. The van der Waals surface area contributed by atoms with Gasteiger partial charge in [0.15, 0.2) is 0 Å². The highest BCUT2D eigenvalue weighted by molar-refractivity contribution is 5.90. The number of methoxy groups -OCH3 is 1. The van der Waals surface area contributed by atoms with E-state index in [0.29, 0.717) is 11.6 Å². The molecule has 18 heavy (non-hydrogen) atoms. The van der Waals surface area contributed by atoms with Crippen molar-refractivity contribution in [3.05, 3.63) is 42.0 Å². The number of ether oxygens (including phenoxy) is 1. The van der Waals surface area contributed by atoms with E-state index >= 15 is 0 Å². The minimum absolute atomic E-state index is 0.309. The van der Waals surface area contributed by atoms with Gasteiger partial charge in [0, 0.05) is 11.7 Å². The molecule has 0 aliphatic carbocycles. The van der Waals surface area contributed by atoms with Crippen molar-refractivity contribution < 1.29 is 9.53 Å². The quantitative estimate of drug-likeness (QED) is 0.617. The Morgan fingerprint density at radius 3 is 2.89 bits per heavy atom. The molecule has 0 saturated carbocycles. The summed E-state index contributed by atoms with van der Waals surface area (Å²) in [5, 5.41) is 3.41. The van der Waals surface area contributed by atoms with Crippen molar-refractivity contribution in [3.8, 4) is 0 Å². The van der Waals surface area contributed by atoms with E-state index in [-0.39, 0.29) is 5.97 Å². The van der Waals surface area contributed by atoms with Gasteiger partial charge in [-0.3, -0.25) is 0 Å². The molecule has 1 atom stereocenters. The number of nitrogens with one attached hydrogen (secondary N) is 1. The fraction of sp³-hybridized carbons (Fsp3) is 0.400. The Kier molecular flexibility index (Phi) is 5.43. The predicted molar refractivity (Wildman–Crippen MR) is 75.0 cm³/mol. The molecule has 3 heteroatoms. The number of rotatable bonds is 6. The van der Waals surface area contributed by atoms with E-state index in [9.17, 15) is 4.79 Å². The molecule has 0 heterocycles. The number of benzene rings is 1. The van der Waals surface area contributed by atoms with Crippen LogP contribution in [0, 0.1) is 6.92 Å². The molecule has 1 rings (SSSR count). The Labute approximate surface area is 109 Å². The Morgan fingerprint density at radius 2 is 2.28 bits per heavy atom. The SMILES string of the molecule is C=CCCC(C)Nc1cc(C(=O)OC)ccc1C.